The summed E-state index contributed by atoms with van der Waals surface area (Å²) in [5.74, 6) is 0.874. The minimum Gasteiger partial charge on any atom is -0.378 e. The number of pyridine rings is 1. The van der Waals surface area contributed by atoms with Gasteiger partial charge < -0.3 is 9.64 Å². The summed E-state index contributed by atoms with van der Waals surface area (Å²) < 4.78 is 5.48. The molecule has 1 aliphatic heterocycles. The Hall–Kier alpha value is -2.96. The van der Waals surface area contributed by atoms with Crippen molar-refractivity contribution >= 4 is 29.1 Å². The van der Waals surface area contributed by atoms with Gasteiger partial charge in [-0.3, -0.25) is 14.9 Å². The molecule has 0 N–H and O–H groups in total. The Morgan fingerprint density at radius 1 is 1.19 bits per heavy atom. The van der Waals surface area contributed by atoms with E-state index in [0.29, 0.717) is 29.4 Å². The van der Waals surface area contributed by atoms with Crippen LogP contribution in [0.2, 0.25) is 0 Å². The molecule has 1 aliphatic carbocycles. The van der Waals surface area contributed by atoms with Crippen LogP contribution in [0, 0.1) is 21.4 Å². The van der Waals surface area contributed by atoms with E-state index in [1.54, 1.807) is 0 Å². The molecule has 1 aromatic heterocycles. The predicted octanol–water partition coefficient (Wildman–Crippen LogP) is 3.55. The van der Waals surface area contributed by atoms with E-state index in [4.69, 9.17) is 9.72 Å². The van der Waals surface area contributed by atoms with Gasteiger partial charge in [-0.05, 0) is 48.9 Å². The van der Waals surface area contributed by atoms with Crippen molar-refractivity contribution in [1.29, 1.82) is 5.26 Å². The number of benzene rings is 1. The third-order valence-corrected chi connectivity index (χ3v) is 6.60. The molecule has 0 amide bonds. The van der Waals surface area contributed by atoms with Crippen LogP contribution in [0.1, 0.15) is 39.9 Å². The average Bonchev–Trinajstić information content (AvgIpc) is 2.82. The van der Waals surface area contributed by atoms with Crippen molar-refractivity contribution in [2.24, 2.45) is 0 Å². The van der Waals surface area contributed by atoms with Crippen molar-refractivity contribution in [3.8, 4) is 6.07 Å². The van der Waals surface area contributed by atoms with Gasteiger partial charge in [0.1, 0.15) is 16.9 Å². The third-order valence-electron chi connectivity index (χ3n) is 5.62. The number of anilines is 1. The molecular formula is C22H22N4O4S. The summed E-state index contributed by atoms with van der Waals surface area (Å²) in [5, 5.41) is 21.2. The van der Waals surface area contributed by atoms with Gasteiger partial charge in [0.2, 0.25) is 0 Å². The van der Waals surface area contributed by atoms with Crippen molar-refractivity contribution in [2.45, 2.75) is 30.7 Å². The smallest absolute Gasteiger partial charge is 0.269 e. The maximum atomic E-state index is 12.6. The molecule has 31 heavy (non-hydrogen) atoms. The predicted molar refractivity (Wildman–Crippen MR) is 117 cm³/mol. The van der Waals surface area contributed by atoms with Crippen molar-refractivity contribution in [3.63, 3.8) is 0 Å². The number of carbonyl (C=O) groups is 1. The zero-order valence-electron chi connectivity index (χ0n) is 17.0. The lowest BCUT2D eigenvalue weighted by molar-refractivity contribution is -0.384. The highest BCUT2D eigenvalue weighted by Crippen LogP contribution is 2.36. The number of hydrogen-bond donors (Lipinski definition) is 0. The van der Waals surface area contributed by atoms with Crippen molar-refractivity contribution < 1.29 is 14.5 Å². The SMILES string of the molecule is N#Cc1c(SCC(=O)c2ccc([N+](=O)[O-])cc2)nc(N2CCOCC2)c2c1CCCC2. The van der Waals surface area contributed by atoms with Gasteiger partial charge in [0.25, 0.3) is 5.69 Å². The van der Waals surface area contributed by atoms with E-state index in [2.05, 4.69) is 11.0 Å². The largest absolute Gasteiger partial charge is 0.378 e. The number of carbonyl (C=O) groups excluding carboxylic acids is 1. The normalized spacial score (nSPS) is 15.8. The molecule has 8 nitrogen and oxygen atoms in total. The van der Waals surface area contributed by atoms with E-state index in [0.717, 1.165) is 55.7 Å². The Morgan fingerprint density at radius 2 is 1.87 bits per heavy atom. The van der Waals surface area contributed by atoms with Crippen LogP contribution >= 0.6 is 11.8 Å². The van der Waals surface area contributed by atoms with Gasteiger partial charge in [-0.2, -0.15) is 5.26 Å². The molecule has 4 rings (SSSR count). The lowest BCUT2D eigenvalue weighted by Crippen LogP contribution is -2.38. The van der Waals surface area contributed by atoms with Gasteiger partial charge in [0, 0.05) is 30.8 Å². The number of rotatable bonds is 6. The second kappa shape index (κ2) is 9.45. The van der Waals surface area contributed by atoms with E-state index < -0.39 is 4.92 Å². The van der Waals surface area contributed by atoms with Crippen LogP contribution in [0.25, 0.3) is 0 Å². The summed E-state index contributed by atoms with van der Waals surface area (Å²) in [7, 11) is 0. The Balaban J connectivity index is 1.60. The van der Waals surface area contributed by atoms with Gasteiger partial charge >= 0.3 is 0 Å². The van der Waals surface area contributed by atoms with Crippen LogP contribution in [0.5, 0.6) is 0 Å². The molecule has 0 bridgehead atoms. The highest BCUT2D eigenvalue weighted by Gasteiger charge is 2.26. The molecule has 2 aliphatic rings. The number of nitro benzene ring substituents is 1. The minimum absolute atomic E-state index is 0.0533. The molecule has 1 saturated heterocycles. The van der Waals surface area contributed by atoms with E-state index in [1.807, 2.05) is 0 Å². The number of fused-ring (bicyclic) bond motifs is 1. The van der Waals surface area contributed by atoms with Crippen LogP contribution < -0.4 is 4.90 Å². The van der Waals surface area contributed by atoms with E-state index in [9.17, 15) is 20.2 Å². The van der Waals surface area contributed by atoms with E-state index in [1.165, 1.54) is 36.0 Å². The van der Waals surface area contributed by atoms with E-state index >= 15 is 0 Å². The highest BCUT2D eigenvalue weighted by atomic mass is 32.2. The number of hydrogen-bond acceptors (Lipinski definition) is 8. The van der Waals surface area contributed by atoms with Crippen molar-refractivity contribution in [1.82, 2.24) is 4.98 Å². The number of non-ortho nitro benzene ring substituents is 1. The molecule has 2 aromatic rings. The molecule has 9 heteroatoms. The topological polar surface area (TPSA) is 109 Å². The van der Waals surface area contributed by atoms with Gasteiger partial charge in [-0.15, -0.1) is 0 Å². The highest BCUT2D eigenvalue weighted by molar-refractivity contribution is 8.00. The zero-order chi connectivity index (χ0) is 21.8. The van der Waals surface area contributed by atoms with Gasteiger partial charge in [0.15, 0.2) is 5.78 Å². The minimum atomic E-state index is -0.494. The van der Waals surface area contributed by atoms with Crippen LogP contribution in [0.4, 0.5) is 11.5 Å². The lowest BCUT2D eigenvalue weighted by atomic mass is 9.89. The molecule has 0 saturated carbocycles. The number of Topliss-reactive ketones (excluding diaryl/α,β-unsaturated/α-hetero) is 1. The molecular weight excluding hydrogens is 416 g/mol. The van der Waals surface area contributed by atoms with Gasteiger partial charge in [0.05, 0.1) is 29.5 Å². The summed E-state index contributed by atoms with van der Waals surface area (Å²) in [4.78, 5) is 30.0. The average molecular weight is 439 g/mol. The standard InChI is InChI=1S/C22H22N4O4S/c23-13-19-17-3-1-2-4-18(17)21(25-9-11-30-12-10-25)24-22(19)31-14-20(27)15-5-7-16(8-6-15)26(28)29/h5-8H,1-4,9-12,14H2. The Kier molecular flexibility index (Phi) is 6.49. The number of ether oxygens (including phenoxy) is 1. The fraction of sp³-hybridized carbons (Fsp3) is 0.409. The summed E-state index contributed by atoms with van der Waals surface area (Å²) in [6.07, 6.45) is 3.89. The van der Waals surface area contributed by atoms with Crippen LogP contribution in [0.3, 0.4) is 0 Å². The number of nitrogens with zero attached hydrogens (tertiary/aromatic N) is 4. The molecule has 160 valence electrons. The molecule has 1 aromatic carbocycles. The second-order valence-electron chi connectivity index (χ2n) is 7.51. The number of aromatic nitrogens is 1. The van der Waals surface area contributed by atoms with Crippen LogP contribution in [-0.2, 0) is 17.6 Å². The quantitative estimate of drug-likeness (QED) is 0.291. The summed E-state index contributed by atoms with van der Waals surface area (Å²) in [6, 6.07) is 7.90. The maximum absolute atomic E-state index is 12.6. The molecule has 0 spiro atoms. The number of ketones is 1. The monoisotopic (exact) mass is 438 g/mol. The first-order chi connectivity index (χ1) is 15.1. The number of nitro groups is 1. The second-order valence-corrected chi connectivity index (χ2v) is 8.47. The Morgan fingerprint density at radius 3 is 2.52 bits per heavy atom. The number of morpholine rings is 1. The van der Waals surface area contributed by atoms with Crippen molar-refractivity contribution in [2.75, 3.05) is 37.0 Å². The van der Waals surface area contributed by atoms with Gasteiger partial charge in [-0.25, -0.2) is 4.98 Å². The summed E-state index contributed by atoms with van der Waals surface area (Å²) in [5.41, 5.74) is 3.16. The molecule has 2 heterocycles. The van der Waals surface area contributed by atoms with Crippen LogP contribution in [-0.4, -0.2) is 47.7 Å². The number of thioether (sulfide) groups is 1. The fourth-order valence-electron chi connectivity index (χ4n) is 4.02. The first-order valence-electron chi connectivity index (χ1n) is 10.3. The van der Waals surface area contributed by atoms with Gasteiger partial charge in [-0.1, -0.05) is 11.8 Å². The molecule has 1 fully saturated rings. The fourth-order valence-corrected chi connectivity index (χ4v) is 4.92. The molecule has 0 radical (unpaired) electrons. The summed E-state index contributed by atoms with van der Waals surface area (Å²) >= 11 is 1.26. The summed E-state index contributed by atoms with van der Waals surface area (Å²) in [6.45, 7) is 2.82. The first kappa shape index (κ1) is 21.3. The maximum Gasteiger partial charge on any atom is 0.269 e. The Labute approximate surface area is 184 Å². The molecule has 0 atom stereocenters. The third kappa shape index (κ3) is 4.55. The zero-order valence-corrected chi connectivity index (χ0v) is 17.8. The number of nitriles is 1. The molecule has 0 unspecified atom stereocenters. The lowest BCUT2D eigenvalue weighted by Gasteiger charge is -2.32. The first-order valence-corrected chi connectivity index (χ1v) is 11.3. The van der Waals surface area contributed by atoms with Crippen molar-refractivity contribution in [3.05, 3.63) is 56.6 Å². The Bertz CT molecular complexity index is 1040. The van der Waals surface area contributed by atoms with E-state index in [-0.39, 0.29) is 17.2 Å². The van der Waals surface area contributed by atoms with Crippen LogP contribution in [0.15, 0.2) is 29.3 Å².